The smallest absolute Gasteiger partial charge is 0.408 e. The number of nitrogens with two attached hydrogens (primary N) is 1. The van der Waals surface area contributed by atoms with Crippen molar-refractivity contribution in [2.24, 2.45) is 17.1 Å². The molecular formula is C35H47N5O7. The van der Waals surface area contributed by atoms with Gasteiger partial charge in [0.25, 0.3) is 0 Å². The molecule has 5 atom stereocenters. The molecule has 0 radical (unpaired) electrons. The number of benzene rings is 1. The number of ether oxygens (including phenoxy) is 3. The lowest BCUT2D eigenvalue weighted by Crippen LogP contribution is -2.59. The molecule has 2 aliphatic carbocycles. The van der Waals surface area contributed by atoms with E-state index in [2.05, 4.69) is 17.2 Å². The van der Waals surface area contributed by atoms with E-state index in [9.17, 15) is 19.2 Å². The number of nitrogens with zero attached hydrogens (tertiary/aromatic N) is 2. The lowest BCUT2D eigenvalue weighted by Gasteiger charge is -2.36. The summed E-state index contributed by atoms with van der Waals surface area (Å²) in [6, 6.07) is 5.48. The first kappa shape index (κ1) is 34.0. The monoisotopic (exact) mass is 649 g/mol. The fourth-order valence-electron chi connectivity index (χ4n) is 6.17. The highest BCUT2D eigenvalue weighted by molar-refractivity contribution is 5.98. The van der Waals surface area contributed by atoms with Crippen molar-refractivity contribution < 1.29 is 33.4 Å². The first-order chi connectivity index (χ1) is 22.0. The summed E-state index contributed by atoms with van der Waals surface area (Å²) in [5, 5.41) is 6.35. The van der Waals surface area contributed by atoms with Crippen molar-refractivity contribution in [3.8, 4) is 11.5 Å². The number of likely N-dealkylation sites (tertiary alicyclic amines) is 1. The zero-order valence-corrected chi connectivity index (χ0v) is 28.3. The number of carbonyl (C=O) groups is 4. The molecule has 0 unspecified atom stereocenters. The minimum absolute atomic E-state index is 0.0622. The third kappa shape index (κ3) is 7.31. The summed E-state index contributed by atoms with van der Waals surface area (Å²) in [6.45, 7) is 14.5. The van der Waals surface area contributed by atoms with Crippen molar-refractivity contribution in [1.82, 2.24) is 20.5 Å². The van der Waals surface area contributed by atoms with E-state index in [1.807, 2.05) is 45.0 Å². The first-order valence-corrected chi connectivity index (χ1v) is 16.2. The van der Waals surface area contributed by atoms with E-state index >= 15 is 0 Å². The summed E-state index contributed by atoms with van der Waals surface area (Å²) in [7, 11) is 1.60. The van der Waals surface area contributed by atoms with E-state index in [-0.39, 0.29) is 18.9 Å². The molecule has 2 aromatic rings. The summed E-state index contributed by atoms with van der Waals surface area (Å²) >= 11 is 0. The maximum Gasteiger partial charge on any atom is 0.408 e. The number of pyridine rings is 1. The van der Waals surface area contributed by atoms with Crippen LogP contribution in [0.15, 0.2) is 36.9 Å². The molecule has 47 heavy (non-hydrogen) atoms. The Kier molecular flexibility index (Phi) is 8.93. The number of aromatic nitrogens is 1. The van der Waals surface area contributed by atoms with Gasteiger partial charge >= 0.3 is 6.09 Å². The standard InChI is InChI=1S/C35H47N5O7/c1-9-20-17-35(20,31(36)43)39-29(41)26-15-22(18-40(26)30(42)28(33(2,3)4)38-32(44)47-34(5,6)7)46-27-16-24(19-10-11-19)37-25-14-21(45-8)12-13-23(25)27/h9,12-14,16,19-20,22,26,28H,1,10-11,15,17-18H2,2-8H3,(H2,36,43)(H,38,44)(H,39,41)/t20-,22-,26+,28-,35-/m1/s1. The molecule has 0 bridgehead atoms. The Balaban J connectivity index is 1.47. The number of primary amides is 1. The van der Waals surface area contributed by atoms with Gasteiger partial charge in [-0.05, 0) is 57.6 Å². The second kappa shape index (κ2) is 12.4. The minimum atomic E-state index is -1.26. The van der Waals surface area contributed by atoms with E-state index in [1.165, 1.54) is 4.90 Å². The van der Waals surface area contributed by atoms with E-state index in [1.54, 1.807) is 34.0 Å². The maximum atomic E-state index is 14.4. The number of rotatable bonds is 10. The molecule has 254 valence electrons. The van der Waals surface area contributed by atoms with Gasteiger partial charge in [0.05, 0.1) is 19.2 Å². The predicted molar refractivity (Wildman–Crippen MR) is 176 cm³/mol. The number of nitrogens with one attached hydrogen (secondary N) is 2. The van der Waals surface area contributed by atoms with Gasteiger partial charge in [-0.2, -0.15) is 0 Å². The van der Waals surface area contributed by atoms with Crippen molar-refractivity contribution in [1.29, 1.82) is 0 Å². The number of hydrogen-bond acceptors (Lipinski definition) is 8. The van der Waals surface area contributed by atoms with E-state index in [0.717, 1.165) is 29.4 Å². The van der Waals surface area contributed by atoms with Crippen LogP contribution < -0.4 is 25.8 Å². The van der Waals surface area contributed by atoms with Crippen molar-refractivity contribution in [2.45, 2.75) is 102 Å². The average molecular weight is 650 g/mol. The number of methoxy groups -OCH3 is 1. The third-order valence-electron chi connectivity index (χ3n) is 9.00. The summed E-state index contributed by atoms with van der Waals surface area (Å²) < 4.78 is 17.5. The molecule has 1 aromatic carbocycles. The molecule has 5 rings (SSSR count). The van der Waals surface area contributed by atoms with Crippen molar-refractivity contribution >= 4 is 34.7 Å². The lowest BCUT2D eigenvalue weighted by atomic mass is 9.85. The Morgan fingerprint density at radius 1 is 1.13 bits per heavy atom. The van der Waals surface area contributed by atoms with Crippen LogP contribution in [0.1, 0.15) is 78.8 Å². The van der Waals surface area contributed by atoms with Crippen LogP contribution in [0.25, 0.3) is 10.9 Å². The molecule has 12 nitrogen and oxygen atoms in total. The number of carbonyl (C=O) groups excluding carboxylic acids is 4. The van der Waals surface area contributed by atoms with Gasteiger partial charge in [-0.25, -0.2) is 4.79 Å². The largest absolute Gasteiger partial charge is 0.497 e. The second-order valence-corrected chi connectivity index (χ2v) is 15.0. The van der Waals surface area contributed by atoms with Crippen molar-refractivity contribution in [2.75, 3.05) is 13.7 Å². The van der Waals surface area contributed by atoms with Gasteiger partial charge in [0.15, 0.2) is 0 Å². The molecule has 1 aromatic heterocycles. The number of hydrogen-bond donors (Lipinski definition) is 3. The Labute approximate surface area is 275 Å². The molecule has 4 amide bonds. The van der Waals surface area contributed by atoms with E-state index < -0.39 is 58.6 Å². The fraction of sp³-hybridized carbons (Fsp3) is 0.571. The summed E-state index contributed by atoms with van der Waals surface area (Å²) in [4.78, 5) is 59.9. The van der Waals surface area contributed by atoms with Crippen LogP contribution in [0.4, 0.5) is 4.79 Å². The van der Waals surface area contributed by atoms with Gasteiger partial charge in [-0.1, -0.05) is 26.8 Å². The molecule has 0 spiro atoms. The molecule has 3 fully saturated rings. The Bertz CT molecular complexity index is 1590. The van der Waals surface area contributed by atoms with Gasteiger partial charge in [-0.3, -0.25) is 19.4 Å². The zero-order valence-electron chi connectivity index (χ0n) is 28.3. The number of amides is 4. The second-order valence-electron chi connectivity index (χ2n) is 15.0. The molecule has 2 heterocycles. The molecule has 1 aliphatic heterocycles. The molecule has 3 aliphatic rings. The van der Waals surface area contributed by atoms with Crippen molar-refractivity contribution in [3.63, 3.8) is 0 Å². The number of fused-ring (bicyclic) bond motifs is 1. The fourth-order valence-corrected chi connectivity index (χ4v) is 6.17. The van der Waals surface area contributed by atoms with Gasteiger partial charge in [0.2, 0.25) is 17.7 Å². The summed E-state index contributed by atoms with van der Waals surface area (Å²) in [6.07, 6.45) is 2.83. The topological polar surface area (TPSA) is 162 Å². The Morgan fingerprint density at radius 2 is 1.83 bits per heavy atom. The normalized spacial score (nSPS) is 24.7. The quantitative estimate of drug-likeness (QED) is 0.326. The molecule has 12 heteroatoms. The lowest BCUT2D eigenvalue weighted by molar-refractivity contribution is -0.143. The SMILES string of the molecule is C=C[C@@H]1C[C@]1(NC(=O)[C@@H]1C[C@@H](Oc2cc(C3CC3)nc3cc(OC)ccc23)CN1C(=O)[C@@H](NC(=O)OC(C)(C)C)C(C)(C)C)C(N)=O. The Hall–Kier alpha value is -4.35. The van der Waals surface area contributed by atoms with Gasteiger partial charge in [-0.15, -0.1) is 6.58 Å². The van der Waals surface area contributed by atoms with Gasteiger partial charge in [0, 0.05) is 41.5 Å². The molecule has 4 N–H and O–H groups in total. The number of alkyl carbamates (subject to hydrolysis) is 1. The molecule has 1 saturated heterocycles. The van der Waals surface area contributed by atoms with Crippen molar-refractivity contribution in [3.05, 3.63) is 42.6 Å². The van der Waals surface area contributed by atoms with Crippen LogP contribution in [-0.2, 0) is 19.1 Å². The van der Waals surface area contributed by atoms with Crippen LogP contribution >= 0.6 is 0 Å². The molecular weight excluding hydrogens is 602 g/mol. The Morgan fingerprint density at radius 3 is 2.38 bits per heavy atom. The third-order valence-corrected chi connectivity index (χ3v) is 9.00. The van der Waals surface area contributed by atoms with E-state index in [0.29, 0.717) is 23.8 Å². The van der Waals surface area contributed by atoms with E-state index in [4.69, 9.17) is 24.9 Å². The van der Waals surface area contributed by atoms with Crippen LogP contribution in [0.3, 0.4) is 0 Å². The minimum Gasteiger partial charge on any atom is -0.497 e. The summed E-state index contributed by atoms with van der Waals surface area (Å²) in [5.41, 5.74) is 4.58. The summed E-state index contributed by atoms with van der Waals surface area (Å²) in [5.74, 6) is -0.350. The van der Waals surface area contributed by atoms with Gasteiger partial charge < -0.3 is 35.5 Å². The predicted octanol–water partition coefficient (Wildman–Crippen LogP) is 3.95. The van der Waals surface area contributed by atoms with Gasteiger partial charge in [0.1, 0.15) is 40.8 Å². The molecule has 2 saturated carbocycles. The van der Waals surface area contributed by atoms with Crippen LogP contribution in [0.5, 0.6) is 11.5 Å². The van der Waals surface area contributed by atoms with Crippen LogP contribution in [0.2, 0.25) is 0 Å². The first-order valence-electron chi connectivity index (χ1n) is 16.2. The highest BCUT2D eigenvalue weighted by atomic mass is 16.6. The average Bonchev–Trinajstić information content (AvgIpc) is 3.90. The zero-order chi connectivity index (χ0) is 34.5. The van der Waals surface area contributed by atoms with Crippen LogP contribution in [-0.4, -0.2) is 76.7 Å². The highest BCUT2D eigenvalue weighted by Crippen LogP contribution is 2.45. The highest BCUT2D eigenvalue weighted by Gasteiger charge is 2.60. The van der Waals surface area contributed by atoms with Crippen LogP contribution in [0, 0.1) is 11.3 Å². The maximum absolute atomic E-state index is 14.4.